The lowest BCUT2D eigenvalue weighted by Gasteiger charge is -2.31. The zero-order valence-electron chi connectivity index (χ0n) is 16.5. The molecule has 2 heterocycles. The van der Waals surface area contributed by atoms with E-state index in [1.165, 1.54) is 22.8 Å². The Balaban J connectivity index is 1.48. The van der Waals surface area contributed by atoms with Crippen molar-refractivity contribution in [3.05, 3.63) is 53.3 Å². The number of nitrogens with one attached hydrogen (secondary N) is 2. The molecular formula is C20H23ClN4O4S. The summed E-state index contributed by atoms with van der Waals surface area (Å²) in [4.78, 5) is 28.3. The van der Waals surface area contributed by atoms with Crippen molar-refractivity contribution >= 4 is 39.1 Å². The number of benzene rings is 1. The van der Waals surface area contributed by atoms with Crippen molar-refractivity contribution in [2.75, 3.05) is 25.0 Å². The fourth-order valence-corrected chi connectivity index (χ4v) is 4.83. The van der Waals surface area contributed by atoms with E-state index in [0.717, 1.165) is 5.56 Å². The zero-order chi connectivity index (χ0) is 21.7. The Morgan fingerprint density at radius 2 is 1.93 bits per heavy atom. The van der Waals surface area contributed by atoms with Gasteiger partial charge < -0.3 is 10.6 Å². The van der Waals surface area contributed by atoms with Crippen LogP contribution in [0.15, 0.2) is 47.6 Å². The number of pyridine rings is 1. The van der Waals surface area contributed by atoms with Crippen molar-refractivity contribution < 1.29 is 18.0 Å². The number of aromatic nitrogens is 1. The minimum atomic E-state index is -3.56. The topological polar surface area (TPSA) is 108 Å². The van der Waals surface area contributed by atoms with E-state index in [2.05, 4.69) is 15.6 Å². The van der Waals surface area contributed by atoms with Gasteiger partial charge in [0.05, 0.1) is 0 Å². The van der Waals surface area contributed by atoms with E-state index in [-0.39, 0.29) is 10.8 Å². The van der Waals surface area contributed by atoms with Gasteiger partial charge in [-0.05, 0) is 55.5 Å². The molecule has 2 amide bonds. The summed E-state index contributed by atoms with van der Waals surface area (Å²) in [6, 6.07) is 8.15. The first kappa shape index (κ1) is 22.2. The molecule has 0 aliphatic carbocycles. The highest BCUT2D eigenvalue weighted by molar-refractivity contribution is 7.89. The number of carbonyl (C=O) groups excluding carboxylic acids is 2. The van der Waals surface area contributed by atoms with E-state index in [1.807, 2.05) is 0 Å². The Labute approximate surface area is 180 Å². The molecule has 1 aliphatic heterocycles. The van der Waals surface area contributed by atoms with Gasteiger partial charge in [-0.1, -0.05) is 17.7 Å². The normalized spacial score (nSPS) is 15.5. The Hall–Kier alpha value is -2.49. The van der Waals surface area contributed by atoms with Crippen molar-refractivity contribution in [3.8, 4) is 0 Å². The van der Waals surface area contributed by atoms with E-state index < -0.39 is 21.8 Å². The molecule has 30 heavy (non-hydrogen) atoms. The summed E-state index contributed by atoms with van der Waals surface area (Å²) in [5.41, 5.74) is 1.28. The van der Waals surface area contributed by atoms with Gasteiger partial charge >= 0.3 is 11.8 Å². The second-order valence-corrected chi connectivity index (χ2v) is 9.53. The summed E-state index contributed by atoms with van der Waals surface area (Å²) in [5, 5.41) is 5.65. The van der Waals surface area contributed by atoms with E-state index in [9.17, 15) is 18.0 Å². The fraction of sp³-hybridized carbons (Fsp3) is 0.350. The molecule has 0 unspecified atom stereocenters. The zero-order valence-corrected chi connectivity index (χ0v) is 18.0. The Morgan fingerprint density at radius 1 is 1.20 bits per heavy atom. The molecule has 0 bridgehead atoms. The van der Waals surface area contributed by atoms with Gasteiger partial charge in [0.25, 0.3) is 0 Å². The second-order valence-electron chi connectivity index (χ2n) is 7.16. The van der Waals surface area contributed by atoms with Crippen LogP contribution in [0.25, 0.3) is 0 Å². The summed E-state index contributed by atoms with van der Waals surface area (Å²) < 4.78 is 26.7. The number of sulfonamides is 1. The van der Waals surface area contributed by atoms with Gasteiger partial charge in [-0.15, -0.1) is 0 Å². The molecule has 0 saturated carbocycles. The number of amides is 2. The van der Waals surface area contributed by atoms with Crippen molar-refractivity contribution in [2.24, 2.45) is 5.92 Å². The predicted octanol–water partition coefficient (Wildman–Crippen LogP) is 2.20. The van der Waals surface area contributed by atoms with Crippen molar-refractivity contribution in [3.63, 3.8) is 0 Å². The highest BCUT2D eigenvalue weighted by Crippen LogP contribution is 2.23. The van der Waals surface area contributed by atoms with Gasteiger partial charge in [0, 0.05) is 42.7 Å². The third kappa shape index (κ3) is 5.35. The summed E-state index contributed by atoms with van der Waals surface area (Å²) in [6.07, 6.45) is 4.04. The van der Waals surface area contributed by atoms with Gasteiger partial charge in [0.2, 0.25) is 10.0 Å². The molecule has 0 radical (unpaired) electrons. The minimum absolute atomic E-state index is 0.0926. The quantitative estimate of drug-likeness (QED) is 0.679. The highest BCUT2D eigenvalue weighted by atomic mass is 35.5. The van der Waals surface area contributed by atoms with Crippen LogP contribution in [0, 0.1) is 12.8 Å². The van der Waals surface area contributed by atoms with Crippen LogP contribution >= 0.6 is 11.6 Å². The Kier molecular flexibility index (Phi) is 7.06. The molecule has 0 atom stereocenters. The third-order valence-electron chi connectivity index (χ3n) is 5.05. The maximum Gasteiger partial charge on any atom is 0.313 e. The smallest absolute Gasteiger partial charge is 0.313 e. The molecule has 1 aliphatic rings. The molecular weight excluding hydrogens is 428 g/mol. The molecule has 0 spiro atoms. The molecule has 2 aromatic rings. The van der Waals surface area contributed by atoms with E-state index >= 15 is 0 Å². The fourth-order valence-electron chi connectivity index (χ4n) is 3.23. The van der Waals surface area contributed by atoms with Crippen molar-refractivity contribution in [2.45, 2.75) is 24.7 Å². The number of piperidine rings is 1. The van der Waals surface area contributed by atoms with Crippen LogP contribution in [0.4, 0.5) is 5.69 Å². The highest BCUT2D eigenvalue weighted by Gasteiger charge is 2.30. The molecule has 160 valence electrons. The van der Waals surface area contributed by atoms with Crippen LogP contribution in [-0.2, 0) is 19.6 Å². The lowest BCUT2D eigenvalue weighted by atomic mass is 9.98. The van der Waals surface area contributed by atoms with Crippen molar-refractivity contribution in [1.82, 2.24) is 14.6 Å². The Bertz CT molecular complexity index is 1020. The monoisotopic (exact) mass is 450 g/mol. The first-order valence-corrected chi connectivity index (χ1v) is 11.3. The number of rotatable bonds is 5. The van der Waals surface area contributed by atoms with E-state index in [0.29, 0.717) is 43.2 Å². The first-order valence-electron chi connectivity index (χ1n) is 9.53. The van der Waals surface area contributed by atoms with Gasteiger partial charge in [-0.25, -0.2) is 8.42 Å². The summed E-state index contributed by atoms with van der Waals surface area (Å²) >= 11 is 5.92. The SMILES string of the molecule is Cc1ccc(Cl)cc1NC(=O)C(=O)NCC1CCN(S(=O)(=O)c2cccnc2)CC1. The summed E-state index contributed by atoms with van der Waals surface area (Å²) in [6.45, 7) is 2.82. The summed E-state index contributed by atoms with van der Waals surface area (Å²) in [7, 11) is -3.56. The lowest BCUT2D eigenvalue weighted by molar-refractivity contribution is -0.136. The maximum atomic E-state index is 12.6. The first-order chi connectivity index (χ1) is 14.3. The largest absolute Gasteiger partial charge is 0.348 e. The lowest BCUT2D eigenvalue weighted by Crippen LogP contribution is -2.43. The molecule has 1 fully saturated rings. The Morgan fingerprint density at radius 3 is 2.60 bits per heavy atom. The van der Waals surface area contributed by atoms with Crippen LogP contribution in [0.5, 0.6) is 0 Å². The van der Waals surface area contributed by atoms with Crippen LogP contribution in [0.2, 0.25) is 5.02 Å². The van der Waals surface area contributed by atoms with E-state index in [4.69, 9.17) is 11.6 Å². The van der Waals surface area contributed by atoms with Gasteiger partial charge in [-0.3, -0.25) is 14.6 Å². The standard InChI is InChI=1S/C20H23ClN4O4S/c1-14-4-5-16(21)11-18(14)24-20(27)19(26)23-12-15-6-9-25(10-7-15)30(28,29)17-3-2-8-22-13-17/h2-5,8,11,13,15H,6-7,9-10,12H2,1H3,(H,23,26)(H,24,27). The minimum Gasteiger partial charge on any atom is -0.348 e. The van der Waals surface area contributed by atoms with Crippen LogP contribution in [-0.4, -0.2) is 49.2 Å². The number of aryl methyl sites for hydroxylation is 1. The van der Waals surface area contributed by atoms with Crippen LogP contribution < -0.4 is 10.6 Å². The van der Waals surface area contributed by atoms with Gasteiger partial charge in [-0.2, -0.15) is 4.31 Å². The molecule has 8 nitrogen and oxygen atoms in total. The molecule has 3 rings (SSSR count). The average Bonchev–Trinajstić information content (AvgIpc) is 2.75. The molecule has 10 heteroatoms. The molecule has 2 N–H and O–H groups in total. The maximum absolute atomic E-state index is 12.6. The number of nitrogens with zero attached hydrogens (tertiary/aromatic N) is 2. The number of carbonyl (C=O) groups is 2. The van der Waals surface area contributed by atoms with Gasteiger partial charge in [0.1, 0.15) is 4.90 Å². The average molecular weight is 451 g/mol. The predicted molar refractivity (Wildman–Crippen MR) is 114 cm³/mol. The number of halogens is 1. The number of hydrogen-bond donors (Lipinski definition) is 2. The second kappa shape index (κ2) is 9.55. The third-order valence-corrected chi connectivity index (χ3v) is 7.17. The number of anilines is 1. The van der Waals surface area contributed by atoms with Crippen LogP contribution in [0.3, 0.4) is 0 Å². The summed E-state index contributed by atoms with van der Waals surface area (Å²) in [5.74, 6) is -1.41. The molecule has 1 aromatic carbocycles. The van der Waals surface area contributed by atoms with E-state index in [1.54, 1.807) is 31.2 Å². The van der Waals surface area contributed by atoms with Crippen molar-refractivity contribution in [1.29, 1.82) is 0 Å². The number of hydrogen-bond acceptors (Lipinski definition) is 5. The van der Waals surface area contributed by atoms with Crippen LogP contribution in [0.1, 0.15) is 18.4 Å². The molecule has 1 aromatic heterocycles. The van der Waals surface area contributed by atoms with Gasteiger partial charge in [0.15, 0.2) is 0 Å². The molecule has 1 saturated heterocycles.